The van der Waals surface area contributed by atoms with Crippen molar-refractivity contribution in [2.24, 2.45) is 0 Å². The van der Waals surface area contributed by atoms with Crippen molar-refractivity contribution < 1.29 is 4.79 Å². The number of Topliss-reactive ketones (excluding diaryl/α,β-unsaturated/α-hetero) is 1. The molecule has 0 unspecified atom stereocenters. The SMILES string of the molecule is O=C(/C=c1/[nH]c(=O)/c(=C/c2cccs2)s1)c1cccc(Cl)c1. The first-order chi connectivity index (χ1) is 10.6. The molecule has 0 aliphatic heterocycles. The molecule has 3 nitrogen and oxygen atoms in total. The Morgan fingerprint density at radius 1 is 1.23 bits per heavy atom. The minimum Gasteiger partial charge on any atom is -0.313 e. The Morgan fingerprint density at radius 2 is 2.09 bits per heavy atom. The lowest BCUT2D eigenvalue weighted by Crippen LogP contribution is -2.19. The summed E-state index contributed by atoms with van der Waals surface area (Å²) in [5.41, 5.74) is 0.300. The molecule has 2 heterocycles. The maximum Gasteiger partial charge on any atom is 0.266 e. The Balaban J connectivity index is 1.99. The molecule has 0 aliphatic carbocycles. The van der Waals surface area contributed by atoms with E-state index in [0.717, 1.165) is 4.88 Å². The molecule has 1 N–H and O–H groups in total. The number of hydrogen-bond donors (Lipinski definition) is 1. The topological polar surface area (TPSA) is 49.9 Å². The van der Waals surface area contributed by atoms with Gasteiger partial charge in [-0.2, -0.15) is 0 Å². The number of hydrogen-bond acceptors (Lipinski definition) is 4. The molecule has 110 valence electrons. The number of rotatable bonds is 3. The minimum atomic E-state index is -0.192. The Morgan fingerprint density at radius 3 is 2.82 bits per heavy atom. The van der Waals surface area contributed by atoms with Crippen LogP contribution in [0, 0.1) is 0 Å². The van der Waals surface area contributed by atoms with Crippen LogP contribution in [0.2, 0.25) is 5.02 Å². The Kier molecular flexibility index (Phi) is 4.38. The number of carbonyl (C=O) groups is 1. The van der Waals surface area contributed by atoms with Gasteiger partial charge in [0.15, 0.2) is 5.78 Å². The molecule has 0 radical (unpaired) electrons. The number of H-pyrrole nitrogens is 1. The summed E-state index contributed by atoms with van der Waals surface area (Å²) >= 11 is 8.69. The summed E-state index contributed by atoms with van der Waals surface area (Å²) in [6, 6.07) is 10.6. The average molecular weight is 348 g/mol. The van der Waals surface area contributed by atoms with Crippen LogP contribution in [-0.4, -0.2) is 10.8 Å². The highest BCUT2D eigenvalue weighted by atomic mass is 35.5. The normalized spacial score (nSPS) is 12.8. The number of carbonyl (C=O) groups excluding carboxylic acids is 1. The number of benzene rings is 1. The summed E-state index contributed by atoms with van der Waals surface area (Å²) in [6.07, 6.45) is 3.23. The van der Waals surface area contributed by atoms with E-state index in [-0.39, 0.29) is 11.3 Å². The van der Waals surface area contributed by atoms with Gasteiger partial charge in [0.25, 0.3) is 5.56 Å². The lowest BCUT2D eigenvalue weighted by atomic mass is 10.1. The van der Waals surface area contributed by atoms with Gasteiger partial charge in [0, 0.05) is 21.5 Å². The summed E-state index contributed by atoms with van der Waals surface area (Å²) in [4.78, 5) is 27.8. The Hall–Kier alpha value is -1.95. The van der Waals surface area contributed by atoms with Gasteiger partial charge < -0.3 is 4.98 Å². The number of aromatic amines is 1. The van der Waals surface area contributed by atoms with Gasteiger partial charge in [0.2, 0.25) is 0 Å². The van der Waals surface area contributed by atoms with E-state index in [9.17, 15) is 9.59 Å². The van der Waals surface area contributed by atoms with Crippen LogP contribution in [0.5, 0.6) is 0 Å². The van der Waals surface area contributed by atoms with Gasteiger partial charge >= 0.3 is 0 Å². The maximum atomic E-state index is 12.2. The van der Waals surface area contributed by atoms with Crippen LogP contribution < -0.4 is 14.8 Å². The molecule has 0 saturated heterocycles. The number of thiophene rings is 1. The molecule has 1 aromatic carbocycles. The van der Waals surface area contributed by atoms with E-state index in [1.54, 1.807) is 35.6 Å². The van der Waals surface area contributed by atoms with E-state index >= 15 is 0 Å². The van der Waals surface area contributed by atoms with Crippen LogP contribution >= 0.6 is 34.3 Å². The van der Waals surface area contributed by atoms with Crippen molar-refractivity contribution in [3.05, 3.63) is 76.8 Å². The summed E-state index contributed by atoms with van der Waals surface area (Å²) in [7, 11) is 0. The highest BCUT2D eigenvalue weighted by Gasteiger charge is 2.04. The predicted molar refractivity (Wildman–Crippen MR) is 92.3 cm³/mol. The molecule has 2 aromatic heterocycles. The third kappa shape index (κ3) is 3.44. The summed E-state index contributed by atoms with van der Waals surface area (Å²) in [6.45, 7) is 0. The fourth-order valence-electron chi connectivity index (χ4n) is 1.87. The molecular weight excluding hydrogens is 338 g/mol. The van der Waals surface area contributed by atoms with Crippen LogP contribution in [0.25, 0.3) is 12.2 Å². The van der Waals surface area contributed by atoms with Gasteiger partial charge in [-0.3, -0.25) is 9.59 Å². The lowest BCUT2D eigenvalue weighted by Gasteiger charge is -1.94. The Labute approximate surface area is 138 Å². The van der Waals surface area contributed by atoms with Gasteiger partial charge in [0.1, 0.15) is 0 Å². The van der Waals surface area contributed by atoms with Crippen LogP contribution in [0.4, 0.5) is 0 Å². The molecule has 0 aliphatic rings. The second-order valence-corrected chi connectivity index (χ2v) is 6.96. The summed E-state index contributed by atoms with van der Waals surface area (Å²) in [5, 5.41) is 2.45. The van der Waals surface area contributed by atoms with E-state index in [4.69, 9.17) is 11.6 Å². The third-order valence-corrected chi connectivity index (χ3v) is 4.89. The zero-order valence-corrected chi connectivity index (χ0v) is 13.6. The average Bonchev–Trinajstić information content (AvgIpc) is 3.10. The molecule has 0 atom stereocenters. The second kappa shape index (κ2) is 6.44. The van der Waals surface area contributed by atoms with E-state index in [1.165, 1.54) is 17.4 Å². The van der Waals surface area contributed by atoms with Crippen molar-refractivity contribution >= 4 is 52.2 Å². The molecule has 0 amide bonds. The van der Waals surface area contributed by atoms with Gasteiger partial charge in [0.05, 0.1) is 9.20 Å². The first-order valence-corrected chi connectivity index (χ1v) is 8.45. The van der Waals surface area contributed by atoms with Crippen molar-refractivity contribution in [2.45, 2.75) is 0 Å². The van der Waals surface area contributed by atoms with Gasteiger partial charge in [-0.25, -0.2) is 0 Å². The van der Waals surface area contributed by atoms with Crippen molar-refractivity contribution in [3.63, 3.8) is 0 Å². The van der Waals surface area contributed by atoms with E-state index in [1.807, 2.05) is 23.6 Å². The second-order valence-electron chi connectivity index (χ2n) is 4.46. The van der Waals surface area contributed by atoms with E-state index < -0.39 is 0 Å². The molecule has 6 heteroatoms. The largest absolute Gasteiger partial charge is 0.313 e. The number of thiazole rings is 1. The minimum absolute atomic E-state index is 0.191. The van der Waals surface area contributed by atoms with E-state index in [2.05, 4.69) is 4.98 Å². The number of nitrogens with one attached hydrogen (secondary N) is 1. The lowest BCUT2D eigenvalue weighted by molar-refractivity contribution is 0.106. The van der Waals surface area contributed by atoms with Crippen molar-refractivity contribution in [3.8, 4) is 0 Å². The van der Waals surface area contributed by atoms with Gasteiger partial charge in [-0.15, -0.1) is 22.7 Å². The first kappa shape index (κ1) is 15.0. The molecule has 0 bridgehead atoms. The summed E-state index contributed by atoms with van der Waals surface area (Å²) in [5.74, 6) is -0.192. The van der Waals surface area contributed by atoms with Crippen LogP contribution in [0.15, 0.2) is 46.6 Å². The Bertz CT molecular complexity index is 984. The standard InChI is InChI=1S/C16H10ClNO2S2/c17-11-4-1-3-10(7-11)13(19)9-15-18-16(20)14(22-15)8-12-5-2-6-21-12/h1-9H,(H,18,20)/b14-8-,15-9-. The van der Waals surface area contributed by atoms with Crippen LogP contribution in [0.3, 0.4) is 0 Å². The highest BCUT2D eigenvalue weighted by Crippen LogP contribution is 2.11. The van der Waals surface area contributed by atoms with Crippen LogP contribution in [-0.2, 0) is 0 Å². The van der Waals surface area contributed by atoms with Crippen molar-refractivity contribution in [1.82, 2.24) is 4.98 Å². The molecule has 0 spiro atoms. The molecule has 22 heavy (non-hydrogen) atoms. The zero-order valence-electron chi connectivity index (χ0n) is 11.2. The van der Waals surface area contributed by atoms with Gasteiger partial charge in [-0.1, -0.05) is 29.8 Å². The monoisotopic (exact) mass is 347 g/mol. The highest BCUT2D eigenvalue weighted by molar-refractivity contribution is 7.11. The number of aromatic nitrogens is 1. The van der Waals surface area contributed by atoms with Gasteiger partial charge in [-0.05, 0) is 29.7 Å². The molecule has 0 saturated carbocycles. The van der Waals surface area contributed by atoms with Crippen molar-refractivity contribution in [2.75, 3.05) is 0 Å². The zero-order chi connectivity index (χ0) is 15.5. The van der Waals surface area contributed by atoms with Crippen molar-refractivity contribution in [1.29, 1.82) is 0 Å². The quantitative estimate of drug-likeness (QED) is 0.740. The molecular formula is C16H10ClNO2S2. The smallest absolute Gasteiger partial charge is 0.266 e. The number of ketones is 1. The molecule has 3 aromatic rings. The fraction of sp³-hybridized carbons (Fsp3) is 0. The summed E-state index contributed by atoms with van der Waals surface area (Å²) < 4.78 is 1.10. The third-order valence-electron chi connectivity index (χ3n) is 2.87. The number of halogens is 1. The molecule has 3 rings (SSSR count). The van der Waals surface area contributed by atoms with E-state index in [0.29, 0.717) is 19.8 Å². The first-order valence-electron chi connectivity index (χ1n) is 6.38. The predicted octanol–water partition coefficient (Wildman–Crippen LogP) is 2.64. The molecule has 0 fully saturated rings. The van der Waals surface area contributed by atoms with Crippen LogP contribution in [0.1, 0.15) is 15.2 Å². The fourth-order valence-corrected chi connectivity index (χ4v) is 3.67. The maximum absolute atomic E-state index is 12.2.